The molecule has 0 unspecified atom stereocenters. The van der Waals surface area contributed by atoms with Crippen molar-refractivity contribution in [1.82, 2.24) is 10.3 Å². The van der Waals surface area contributed by atoms with Gasteiger partial charge in [-0.3, -0.25) is 0 Å². The molecule has 6 heteroatoms. The molecule has 1 aromatic carbocycles. The van der Waals surface area contributed by atoms with E-state index in [4.69, 9.17) is 16.3 Å². The van der Waals surface area contributed by atoms with Gasteiger partial charge in [0.15, 0.2) is 0 Å². The van der Waals surface area contributed by atoms with Gasteiger partial charge in [-0.25, -0.2) is 13.8 Å². The predicted octanol–water partition coefficient (Wildman–Crippen LogP) is 4.30. The van der Waals surface area contributed by atoms with Crippen LogP contribution in [0.2, 0.25) is 5.02 Å². The summed E-state index contributed by atoms with van der Waals surface area (Å²) in [6, 6.07) is 5.36. The van der Waals surface area contributed by atoms with Gasteiger partial charge in [0, 0.05) is 18.2 Å². The molecule has 2 rings (SSSR count). The van der Waals surface area contributed by atoms with E-state index in [9.17, 15) is 8.78 Å². The van der Waals surface area contributed by atoms with Crippen molar-refractivity contribution in [1.29, 1.82) is 0 Å². The molecule has 0 saturated heterocycles. The highest BCUT2D eigenvalue weighted by Crippen LogP contribution is 2.30. The zero-order valence-electron chi connectivity index (χ0n) is 11.7. The molecule has 0 saturated carbocycles. The minimum Gasteiger partial charge on any atom is -0.437 e. The first-order valence-corrected chi connectivity index (χ1v) is 6.84. The Balaban J connectivity index is 2.26. The zero-order valence-corrected chi connectivity index (χ0v) is 12.4. The topological polar surface area (TPSA) is 34.2 Å². The normalized spacial score (nSPS) is 11.0. The highest BCUT2D eigenvalue weighted by molar-refractivity contribution is 6.32. The van der Waals surface area contributed by atoms with Gasteiger partial charge in [0.1, 0.15) is 17.4 Å². The Bertz CT molecular complexity index is 635. The van der Waals surface area contributed by atoms with Crippen LogP contribution in [0.5, 0.6) is 11.6 Å². The Hall–Kier alpha value is -1.72. The molecular formula is C15H15ClF2N2O. The molecule has 0 aliphatic heterocycles. The molecule has 21 heavy (non-hydrogen) atoms. The van der Waals surface area contributed by atoms with Crippen LogP contribution in [0.4, 0.5) is 8.78 Å². The zero-order chi connectivity index (χ0) is 15.4. The molecule has 3 nitrogen and oxygen atoms in total. The number of hydrogen-bond donors (Lipinski definition) is 1. The Morgan fingerprint density at radius 1 is 1.24 bits per heavy atom. The average Bonchev–Trinajstić information content (AvgIpc) is 2.41. The van der Waals surface area contributed by atoms with E-state index < -0.39 is 11.6 Å². The second kappa shape index (κ2) is 6.83. The van der Waals surface area contributed by atoms with E-state index in [0.29, 0.717) is 12.1 Å². The van der Waals surface area contributed by atoms with Crippen LogP contribution in [-0.4, -0.2) is 11.0 Å². The SMILES string of the molecule is CC(C)NCc1cc(F)cnc1Oc1ccc(F)cc1Cl. The van der Waals surface area contributed by atoms with Gasteiger partial charge in [-0.1, -0.05) is 25.4 Å². The summed E-state index contributed by atoms with van der Waals surface area (Å²) >= 11 is 5.91. The van der Waals surface area contributed by atoms with Crippen molar-refractivity contribution in [3.8, 4) is 11.6 Å². The Morgan fingerprint density at radius 3 is 2.67 bits per heavy atom. The first-order chi connectivity index (χ1) is 9.95. The summed E-state index contributed by atoms with van der Waals surface area (Å²) in [5.41, 5.74) is 0.559. The third-order valence-electron chi connectivity index (χ3n) is 2.69. The summed E-state index contributed by atoms with van der Waals surface area (Å²) in [4.78, 5) is 3.93. The first-order valence-electron chi connectivity index (χ1n) is 6.46. The molecule has 1 heterocycles. The van der Waals surface area contributed by atoms with Crippen molar-refractivity contribution < 1.29 is 13.5 Å². The van der Waals surface area contributed by atoms with Crippen molar-refractivity contribution in [3.05, 3.63) is 52.7 Å². The van der Waals surface area contributed by atoms with E-state index in [1.807, 2.05) is 13.8 Å². The Morgan fingerprint density at radius 2 is 2.00 bits per heavy atom. The first kappa shape index (κ1) is 15.7. The van der Waals surface area contributed by atoms with Gasteiger partial charge in [-0.05, 0) is 24.3 Å². The molecule has 0 amide bonds. The molecule has 0 fully saturated rings. The van der Waals surface area contributed by atoms with Crippen LogP contribution < -0.4 is 10.1 Å². The van der Waals surface area contributed by atoms with Crippen molar-refractivity contribution >= 4 is 11.6 Å². The van der Waals surface area contributed by atoms with E-state index >= 15 is 0 Å². The molecule has 1 aromatic heterocycles. The quantitative estimate of drug-likeness (QED) is 0.893. The fraction of sp³-hybridized carbons (Fsp3) is 0.267. The van der Waals surface area contributed by atoms with Crippen LogP contribution in [0.15, 0.2) is 30.5 Å². The minimum atomic E-state index is -0.457. The third-order valence-corrected chi connectivity index (χ3v) is 2.99. The van der Waals surface area contributed by atoms with Gasteiger partial charge in [-0.2, -0.15) is 0 Å². The summed E-state index contributed by atoms with van der Waals surface area (Å²) in [5, 5.41) is 3.29. The molecule has 1 N–H and O–H groups in total. The van der Waals surface area contributed by atoms with Crippen LogP contribution in [-0.2, 0) is 6.54 Å². The summed E-state index contributed by atoms with van der Waals surface area (Å²) < 4.78 is 31.9. The van der Waals surface area contributed by atoms with E-state index in [0.717, 1.165) is 12.3 Å². The summed E-state index contributed by atoms with van der Waals surface area (Å²) in [5.74, 6) is -0.407. The molecular weight excluding hydrogens is 298 g/mol. The van der Waals surface area contributed by atoms with Gasteiger partial charge >= 0.3 is 0 Å². The number of nitrogens with one attached hydrogen (secondary N) is 1. The maximum absolute atomic E-state index is 13.3. The van der Waals surface area contributed by atoms with Crippen LogP contribution in [0.1, 0.15) is 19.4 Å². The summed E-state index contributed by atoms with van der Waals surface area (Å²) in [6.45, 7) is 4.35. The third kappa shape index (κ3) is 4.37. The molecule has 0 radical (unpaired) electrons. The number of nitrogens with zero attached hydrogens (tertiary/aromatic N) is 1. The molecule has 112 valence electrons. The maximum Gasteiger partial charge on any atom is 0.223 e. The van der Waals surface area contributed by atoms with Crippen molar-refractivity contribution in [2.75, 3.05) is 0 Å². The van der Waals surface area contributed by atoms with Crippen molar-refractivity contribution in [2.45, 2.75) is 26.4 Å². The van der Waals surface area contributed by atoms with Crippen LogP contribution in [0, 0.1) is 11.6 Å². The van der Waals surface area contributed by atoms with E-state index in [2.05, 4.69) is 10.3 Å². The highest BCUT2D eigenvalue weighted by Gasteiger charge is 2.11. The minimum absolute atomic E-state index is 0.129. The van der Waals surface area contributed by atoms with Gasteiger partial charge in [0.05, 0.1) is 11.2 Å². The number of aromatic nitrogens is 1. The van der Waals surface area contributed by atoms with Gasteiger partial charge in [0.25, 0.3) is 0 Å². The second-order valence-corrected chi connectivity index (χ2v) is 5.24. The lowest BCUT2D eigenvalue weighted by molar-refractivity contribution is 0.444. The fourth-order valence-electron chi connectivity index (χ4n) is 1.66. The average molecular weight is 313 g/mol. The monoisotopic (exact) mass is 312 g/mol. The highest BCUT2D eigenvalue weighted by atomic mass is 35.5. The number of pyridine rings is 1. The largest absolute Gasteiger partial charge is 0.437 e. The molecule has 0 spiro atoms. The lowest BCUT2D eigenvalue weighted by Gasteiger charge is -2.13. The van der Waals surface area contributed by atoms with Crippen molar-refractivity contribution in [2.24, 2.45) is 0 Å². The maximum atomic E-state index is 13.3. The number of rotatable bonds is 5. The van der Waals surface area contributed by atoms with Gasteiger partial charge in [0.2, 0.25) is 5.88 Å². The molecule has 0 aliphatic carbocycles. The molecule has 0 atom stereocenters. The Kier molecular flexibility index (Phi) is 5.09. The fourth-order valence-corrected chi connectivity index (χ4v) is 1.87. The molecule has 0 aliphatic rings. The number of hydrogen-bond acceptors (Lipinski definition) is 3. The van der Waals surface area contributed by atoms with Gasteiger partial charge < -0.3 is 10.1 Å². The van der Waals surface area contributed by atoms with E-state index in [-0.39, 0.29) is 22.7 Å². The lowest BCUT2D eigenvalue weighted by atomic mass is 10.2. The van der Waals surface area contributed by atoms with Gasteiger partial charge in [-0.15, -0.1) is 0 Å². The Labute approximate surface area is 126 Å². The van der Waals surface area contributed by atoms with Crippen LogP contribution >= 0.6 is 11.6 Å². The van der Waals surface area contributed by atoms with E-state index in [1.54, 1.807) is 0 Å². The lowest BCUT2D eigenvalue weighted by Crippen LogP contribution is -2.22. The predicted molar refractivity (Wildman–Crippen MR) is 77.7 cm³/mol. The van der Waals surface area contributed by atoms with E-state index in [1.165, 1.54) is 18.2 Å². The number of halogens is 3. The number of ether oxygens (including phenoxy) is 1. The number of benzene rings is 1. The van der Waals surface area contributed by atoms with Crippen LogP contribution in [0.25, 0.3) is 0 Å². The second-order valence-electron chi connectivity index (χ2n) is 4.83. The summed E-state index contributed by atoms with van der Waals surface area (Å²) in [6.07, 6.45) is 1.06. The molecule has 2 aromatic rings. The smallest absolute Gasteiger partial charge is 0.223 e. The molecule has 0 bridgehead atoms. The van der Waals surface area contributed by atoms with Crippen LogP contribution in [0.3, 0.4) is 0 Å². The summed E-state index contributed by atoms with van der Waals surface area (Å²) in [7, 11) is 0. The van der Waals surface area contributed by atoms with Crippen molar-refractivity contribution in [3.63, 3.8) is 0 Å². The standard InChI is InChI=1S/C15H15ClF2N2O/c1-9(2)19-7-10-5-12(18)8-20-15(10)21-14-4-3-11(17)6-13(14)16/h3-6,8-9,19H,7H2,1-2H3.